The van der Waals surface area contributed by atoms with E-state index in [4.69, 9.17) is 18.6 Å². The average molecular weight is 532 g/mol. The number of amides is 1. The van der Waals surface area contributed by atoms with Crippen molar-refractivity contribution in [2.75, 3.05) is 33.7 Å². The third kappa shape index (κ3) is 8.93. The number of benzene rings is 2. The molecule has 0 saturated carbocycles. The molecule has 0 heterocycles. The molecule has 0 saturated heterocycles. The van der Waals surface area contributed by atoms with Gasteiger partial charge in [-0.15, -0.1) is 0 Å². The summed E-state index contributed by atoms with van der Waals surface area (Å²) in [5.74, 6) is -0.322. The number of alkyl carbamates (subject to hydrolysis) is 1. The molecule has 206 valence electrons. The number of aliphatic hydroxyl groups excluding tert-OH is 1. The minimum absolute atomic E-state index is 0.0762. The van der Waals surface area contributed by atoms with Crippen LogP contribution in [0.4, 0.5) is 4.79 Å². The number of hydrogen-bond acceptors (Lipinski definition) is 6. The molecular formula is C29H45NO6Si. The topological polar surface area (TPSA) is 86.3 Å². The molecule has 2 N–H and O–H groups in total. The molecule has 2 aromatic rings. The Bertz CT molecular complexity index is 887. The van der Waals surface area contributed by atoms with Gasteiger partial charge in [0.1, 0.15) is 12.4 Å². The molecule has 2 aromatic carbocycles. The Kier molecular flexibility index (Phi) is 11.8. The fraction of sp³-hybridized carbons (Fsp3) is 0.552. The summed E-state index contributed by atoms with van der Waals surface area (Å²) in [5.41, 5.74) is -0.576. The van der Waals surface area contributed by atoms with E-state index in [1.807, 2.05) is 57.2 Å². The Morgan fingerprint density at radius 1 is 0.946 bits per heavy atom. The first kappa shape index (κ1) is 31.0. The first-order valence-corrected chi connectivity index (χ1v) is 14.8. The number of aliphatic hydroxyl groups is 1. The van der Waals surface area contributed by atoms with Gasteiger partial charge in [-0.05, 0) is 42.6 Å². The van der Waals surface area contributed by atoms with E-state index in [1.54, 1.807) is 7.11 Å². The van der Waals surface area contributed by atoms with Crippen molar-refractivity contribution in [3.05, 3.63) is 60.7 Å². The molecule has 0 aromatic heterocycles. The minimum atomic E-state index is -2.77. The third-order valence-electron chi connectivity index (χ3n) is 6.19. The van der Waals surface area contributed by atoms with Crippen LogP contribution in [-0.2, 0) is 18.6 Å². The zero-order chi connectivity index (χ0) is 27.5. The standard InChI is InChI=1S/C29H45NO6Si/c1-28(2,3)36-27(32)30-19-18-26(34-22-33-7)23(20-31)21-35-37(29(4,5)6,24-14-10-8-11-15-24)25-16-12-9-13-17-25/h8-17,23,26,31H,18-22H2,1-7H3,(H,30,32). The van der Waals surface area contributed by atoms with Crippen molar-refractivity contribution in [1.29, 1.82) is 0 Å². The van der Waals surface area contributed by atoms with Crippen molar-refractivity contribution < 1.29 is 28.5 Å². The van der Waals surface area contributed by atoms with Gasteiger partial charge < -0.3 is 29.1 Å². The zero-order valence-corrected chi connectivity index (χ0v) is 24.5. The highest BCUT2D eigenvalue weighted by atomic mass is 28.4. The summed E-state index contributed by atoms with van der Waals surface area (Å²) in [6.07, 6.45) is -0.405. The number of nitrogens with one attached hydrogen (secondary N) is 1. The van der Waals surface area contributed by atoms with E-state index in [2.05, 4.69) is 50.4 Å². The van der Waals surface area contributed by atoms with Crippen molar-refractivity contribution in [2.24, 2.45) is 5.92 Å². The van der Waals surface area contributed by atoms with E-state index >= 15 is 0 Å². The second-order valence-corrected chi connectivity index (χ2v) is 15.6. The predicted octanol–water partition coefficient (Wildman–Crippen LogP) is 4.08. The van der Waals surface area contributed by atoms with Gasteiger partial charge in [-0.2, -0.15) is 0 Å². The Balaban J connectivity index is 2.29. The van der Waals surface area contributed by atoms with Crippen LogP contribution in [0.25, 0.3) is 0 Å². The van der Waals surface area contributed by atoms with Gasteiger partial charge in [-0.25, -0.2) is 4.79 Å². The summed E-state index contributed by atoms with van der Waals surface area (Å²) in [5, 5.41) is 15.3. The molecule has 0 fully saturated rings. The first-order valence-electron chi connectivity index (χ1n) is 12.9. The Labute approximate surface area is 223 Å². The van der Waals surface area contributed by atoms with Crippen LogP contribution >= 0.6 is 0 Å². The van der Waals surface area contributed by atoms with E-state index in [0.717, 1.165) is 0 Å². The van der Waals surface area contributed by atoms with Gasteiger partial charge in [0.15, 0.2) is 0 Å². The quantitative estimate of drug-likeness (QED) is 0.299. The second kappa shape index (κ2) is 14.1. The molecule has 8 heteroatoms. The number of methoxy groups -OCH3 is 1. The zero-order valence-electron chi connectivity index (χ0n) is 23.5. The summed E-state index contributed by atoms with van der Waals surface area (Å²) in [4.78, 5) is 12.1. The summed E-state index contributed by atoms with van der Waals surface area (Å²) >= 11 is 0. The largest absolute Gasteiger partial charge is 0.444 e. The van der Waals surface area contributed by atoms with Gasteiger partial charge in [0.05, 0.1) is 12.7 Å². The van der Waals surface area contributed by atoms with Crippen molar-refractivity contribution >= 4 is 24.8 Å². The first-order chi connectivity index (χ1) is 17.4. The number of ether oxygens (including phenoxy) is 3. The van der Waals surface area contributed by atoms with Gasteiger partial charge in [-0.1, -0.05) is 81.4 Å². The molecule has 0 spiro atoms. The highest BCUT2D eigenvalue weighted by molar-refractivity contribution is 6.99. The molecule has 0 aliphatic rings. The molecule has 0 aliphatic heterocycles. The highest BCUT2D eigenvalue weighted by Crippen LogP contribution is 2.37. The lowest BCUT2D eigenvalue weighted by Gasteiger charge is -2.44. The van der Waals surface area contributed by atoms with Crippen molar-refractivity contribution in [3.8, 4) is 0 Å². The van der Waals surface area contributed by atoms with Crippen molar-refractivity contribution in [1.82, 2.24) is 5.32 Å². The lowest BCUT2D eigenvalue weighted by atomic mass is 10.0. The molecule has 2 atom stereocenters. The molecule has 2 rings (SSSR count). The maximum Gasteiger partial charge on any atom is 0.407 e. The lowest BCUT2D eigenvalue weighted by Crippen LogP contribution is -2.67. The van der Waals surface area contributed by atoms with Crippen molar-refractivity contribution in [2.45, 2.75) is 64.7 Å². The average Bonchev–Trinajstić information content (AvgIpc) is 2.84. The van der Waals surface area contributed by atoms with E-state index in [1.165, 1.54) is 10.4 Å². The van der Waals surface area contributed by atoms with E-state index in [-0.39, 0.29) is 24.4 Å². The molecule has 0 bridgehead atoms. The summed E-state index contributed by atoms with van der Waals surface area (Å²) < 4.78 is 23.5. The van der Waals surface area contributed by atoms with Crippen LogP contribution in [0.15, 0.2) is 60.7 Å². The van der Waals surface area contributed by atoms with Gasteiger partial charge in [0.2, 0.25) is 0 Å². The highest BCUT2D eigenvalue weighted by Gasteiger charge is 2.50. The SMILES string of the molecule is COCOC(CCNC(=O)OC(C)(C)C)C(CO)CO[Si](c1ccccc1)(c1ccccc1)C(C)(C)C. The summed E-state index contributed by atoms with van der Waals surface area (Å²) in [6.45, 7) is 12.7. The predicted molar refractivity (Wildman–Crippen MR) is 150 cm³/mol. The van der Waals surface area contributed by atoms with Crippen LogP contribution < -0.4 is 15.7 Å². The van der Waals surface area contributed by atoms with Crippen LogP contribution in [0, 0.1) is 5.92 Å². The van der Waals surface area contributed by atoms with Gasteiger partial charge >= 0.3 is 6.09 Å². The van der Waals surface area contributed by atoms with Crippen LogP contribution in [-0.4, -0.2) is 64.9 Å². The smallest absolute Gasteiger partial charge is 0.407 e. The molecule has 7 nitrogen and oxygen atoms in total. The van der Waals surface area contributed by atoms with Crippen LogP contribution in [0.3, 0.4) is 0 Å². The van der Waals surface area contributed by atoms with E-state index < -0.39 is 26.1 Å². The molecule has 0 radical (unpaired) electrons. The van der Waals surface area contributed by atoms with Gasteiger partial charge in [0, 0.05) is 26.2 Å². The maximum atomic E-state index is 12.1. The van der Waals surface area contributed by atoms with Gasteiger partial charge in [-0.3, -0.25) is 0 Å². The van der Waals surface area contributed by atoms with Crippen LogP contribution in [0.1, 0.15) is 48.0 Å². The Morgan fingerprint density at radius 3 is 1.92 bits per heavy atom. The number of hydrogen-bond donors (Lipinski definition) is 2. The summed E-state index contributed by atoms with van der Waals surface area (Å²) in [7, 11) is -1.21. The molecule has 0 aliphatic carbocycles. The minimum Gasteiger partial charge on any atom is -0.444 e. The Morgan fingerprint density at radius 2 is 1.49 bits per heavy atom. The number of carbonyl (C=O) groups is 1. The fourth-order valence-corrected chi connectivity index (χ4v) is 9.13. The molecule has 37 heavy (non-hydrogen) atoms. The Hall–Kier alpha value is -2.23. The number of carbonyl (C=O) groups excluding carboxylic acids is 1. The monoisotopic (exact) mass is 531 g/mol. The molecule has 2 unspecified atom stereocenters. The molecular weight excluding hydrogens is 486 g/mol. The lowest BCUT2D eigenvalue weighted by molar-refractivity contribution is -0.106. The van der Waals surface area contributed by atoms with Crippen molar-refractivity contribution in [3.63, 3.8) is 0 Å². The fourth-order valence-electron chi connectivity index (χ4n) is 4.51. The molecule has 1 amide bonds. The third-order valence-corrected chi connectivity index (χ3v) is 11.2. The van der Waals surface area contributed by atoms with E-state index in [9.17, 15) is 9.90 Å². The van der Waals surface area contributed by atoms with Crippen LogP contribution in [0.5, 0.6) is 0 Å². The van der Waals surface area contributed by atoms with Gasteiger partial charge in [0.25, 0.3) is 8.32 Å². The normalized spacial score (nSPS) is 14.2. The maximum absolute atomic E-state index is 12.1. The summed E-state index contributed by atoms with van der Waals surface area (Å²) in [6, 6.07) is 20.8. The van der Waals surface area contributed by atoms with Crippen LogP contribution in [0.2, 0.25) is 5.04 Å². The van der Waals surface area contributed by atoms with E-state index in [0.29, 0.717) is 19.6 Å². The second-order valence-electron chi connectivity index (χ2n) is 11.2. The number of rotatable bonds is 13.